The van der Waals surface area contributed by atoms with E-state index in [1.54, 1.807) is 0 Å². The number of carbonyl (C=O) groups excluding carboxylic acids is 2. The summed E-state index contributed by atoms with van der Waals surface area (Å²) in [6.07, 6.45) is 0. The van der Waals surface area contributed by atoms with E-state index in [9.17, 15) is 22.8 Å². The first-order chi connectivity index (χ1) is 10.9. The highest BCUT2D eigenvalue weighted by atomic mass is 80.0. The van der Waals surface area contributed by atoms with Gasteiger partial charge in [-0.2, -0.15) is 0 Å². The molecule has 0 saturated heterocycles. The van der Waals surface area contributed by atoms with E-state index in [1.807, 2.05) is 0 Å². The van der Waals surface area contributed by atoms with Crippen LogP contribution in [0.25, 0.3) is 0 Å². The minimum atomic E-state index is -3.86. The molecule has 1 aromatic carbocycles. The number of hydrogen-bond donors (Lipinski definition) is 3. The van der Waals surface area contributed by atoms with Crippen molar-refractivity contribution >= 4 is 75.4 Å². The Kier molecular flexibility index (Phi) is 7.38. The second-order valence-corrected chi connectivity index (χ2v) is 14.8. The third kappa shape index (κ3) is 5.83. The zero-order valence-electron chi connectivity index (χ0n) is 11.8. The lowest BCUT2D eigenvalue weighted by Gasteiger charge is -2.14. The van der Waals surface area contributed by atoms with Gasteiger partial charge < -0.3 is 15.7 Å². The smallest absolute Gasteiger partial charge is 0.322 e. The molecule has 0 atom stereocenters. The van der Waals surface area contributed by atoms with Crippen LogP contribution in [0.15, 0.2) is 29.2 Å². The lowest BCUT2D eigenvalue weighted by molar-refractivity contribution is -0.137. The maximum absolute atomic E-state index is 12.3. The fourth-order valence-electron chi connectivity index (χ4n) is 1.44. The van der Waals surface area contributed by atoms with Gasteiger partial charge in [-0.1, -0.05) is 6.07 Å². The summed E-state index contributed by atoms with van der Waals surface area (Å²) in [7, 11) is -3.86. The lowest BCUT2D eigenvalue weighted by Crippen LogP contribution is -2.39. The van der Waals surface area contributed by atoms with Crippen LogP contribution in [0.5, 0.6) is 0 Å². The van der Waals surface area contributed by atoms with Gasteiger partial charge in [-0.25, -0.2) is 8.42 Å². The highest BCUT2D eigenvalue weighted by molar-refractivity contribution is 9.42. The zero-order valence-corrected chi connectivity index (χ0v) is 17.3. The molecule has 0 aliphatic carbocycles. The molecular weight excluding hydrogens is 540 g/mol. The number of alkyl halides is 3. The maximum atomic E-state index is 12.3. The third-order valence-corrected chi connectivity index (χ3v) is 7.88. The highest BCUT2D eigenvalue weighted by Crippen LogP contribution is 2.43. The quantitative estimate of drug-likeness (QED) is 0.456. The summed E-state index contributed by atoms with van der Waals surface area (Å²) in [5.74, 6) is -2.58. The van der Waals surface area contributed by atoms with E-state index in [1.165, 1.54) is 18.2 Å². The van der Waals surface area contributed by atoms with E-state index in [4.69, 9.17) is 5.11 Å². The number of nitrogens with one attached hydrogen (secondary N) is 2. The molecule has 0 heterocycles. The van der Waals surface area contributed by atoms with Gasteiger partial charge in [0.05, 0.1) is 11.4 Å². The lowest BCUT2D eigenvalue weighted by atomic mass is 10.2. The Bertz CT molecular complexity index is 760. The van der Waals surface area contributed by atoms with Gasteiger partial charge in [0, 0.05) is 5.56 Å². The summed E-state index contributed by atoms with van der Waals surface area (Å²) < 4.78 is 22.9. The standard InChI is InChI=1S/C12H11Br3N2O6S/c13-12(14,15)24(22,23)8-3-1-2-7(4-8)11(21)17-5-9(18)16-6-10(19)20/h1-4H,5-6H2,(H,16,18)(H,17,21)(H,19,20). The molecule has 1 rings (SSSR count). The number of carboxylic acid groups (broad SMARTS) is 1. The molecule has 24 heavy (non-hydrogen) atoms. The molecule has 2 amide bonds. The number of aliphatic carboxylic acids is 1. The van der Waals surface area contributed by atoms with Crippen LogP contribution in [-0.4, -0.2) is 45.9 Å². The molecule has 0 bridgehead atoms. The van der Waals surface area contributed by atoms with Gasteiger partial charge in [-0.3, -0.25) is 14.4 Å². The van der Waals surface area contributed by atoms with E-state index in [-0.39, 0.29) is 10.5 Å². The first kappa shape index (κ1) is 21.1. The second-order valence-electron chi connectivity index (χ2n) is 4.33. The Balaban J connectivity index is 2.82. The Hall–Kier alpha value is -0.980. The average molecular weight is 551 g/mol. The molecule has 0 saturated carbocycles. The van der Waals surface area contributed by atoms with E-state index in [2.05, 4.69) is 58.4 Å². The van der Waals surface area contributed by atoms with Crippen molar-refractivity contribution in [2.24, 2.45) is 0 Å². The number of carbonyl (C=O) groups is 3. The molecule has 0 aliphatic rings. The molecule has 0 fully saturated rings. The fraction of sp³-hybridized carbons (Fsp3) is 0.250. The molecular formula is C12H11Br3N2O6S. The van der Waals surface area contributed by atoms with Crippen molar-refractivity contribution in [3.63, 3.8) is 0 Å². The number of hydrogen-bond acceptors (Lipinski definition) is 5. The van der Waals surface area contributed by atoms with Crippen LogP contribution in [0.3, 0.4) is 0 Å². The number of amides is 2. The SMILES string of the molecule is O=C(O)CNC(=O)CNC(=O)c1cccc(S(=O)(=O)C(Br)(Br)Br)c1. The fourth-order valence-corrected chi connectivity index (χ4v) is 3.93. The van der Waals surface area contributed by atoms with Gasteiger partial charge in [0.1, 0.15) is 6.54 Å². The number of carboxylic acids is 1. The summed E-state index contributed by atoms with van der Waals surface area (Å²) in [4.78, 5) is 33.5. The predicted octanol–water partition coefficient (Wildman–Crippen LogP) is 1.19. The summed E-state index contributed by atoms with van der Waals surface area (Å²) in [6, 6.07) is 5.22. The molecule has 0 aromatic heterocycles. The van der Waals surface area contributed by atoms with Crippen LogP contribution in [0.4, 0.5) is 0 Å². The number of benzene rings is 1. The summed E-state index contributed by atoms with van der Waals surface area (Å²) in [6.45, 7) is -1.01. The van der Waals surface area contributed by atoms with Crippen LogP contribution >= 0.6 is 47.8 Å². The molecule has 0 unspecified atom stereocenters. The monoisotopic (exact) mass is 548 g/mol. The van der Waals surface area contributed by atoms with E-state index < -0.39 is 42.2 Å². The summed E-state index contributed by atoms with van der Waals surface area (Å²) >= 11 is 8.76. The zero-order chi connectivity index (χ0) is 18.5. The molecule has 12 heteroatoms. The predicted molar refractivity (Wildman–Crippen MR) is 96.1 cm³/mol. The minimum absolute atomic E-state index is 0.0267. The topological polar surface area (TPSA) is 130 Å². The van der Waals surface area contributed by atoms with E-state index >= 15 is 0 Å². The van der Waals surface area contributed by atoms with Crippen molar-refractivity contribution in [3.05, 3.63) is 29.8 Å². The summed E-state index contributed by atoms with van der Waals surface area (Å²) in [5, 5.41) is 12.8. The molecule has 0 radical (unpaired) electrons. The van der Waals surface area contributed by atoms with Gasteiger partial charge in [0.25, 0.3) is 5.91 Å². The second kappa shape index (κ2) is 8.41. The van der Waals surface area contributed by atoms with Crippen molar-refractivity contribution in [2.75, 3.05) is 13.1 Å². The van der Waals surface area contributed by atoms with E-state index in [0.717, 1.165) is 6.07 Å². The highest BCUT2D eigenvalue weighted by Gasteiger charge is 2.37. The van der Waals surface area contributed by atoms with Crippen molar-refractivity contribution in [1.29, 1.82) is 0 Å². The Morgan fingerprint density at radius 1 is 1.08 bits per heavy atom. The van der Waals surface area contributed by atoms with Crippen molar-refractivity contribution in [3.8, 4) is 0 Å². The Labute approximate surface area is 162 Å². The number of halogens is 3. The first-order valence-corrected chi connectivity index (χ1v) is 9.99. The molecule has 3 N–H and O–H groups in total. The third-order valence-electron chi connectivity index (χ3n) is 2.56. The van der Waals surface area contributed by atoms with Crippen molar-refractivity contribution < 1.29 is 27.9 Å². The van der Waals surface area contributed by atoms with Gasteiger partial charge in [-0.15, -0.1) is 0 Å². The molecule has 0 spiro atoms. The van der Waals surface area contributed by atoms with E-state index in [0.29, 0.717) is 0 Å². The molecule has 0 aliphatic heterocycles. The maximum Gasteiger partial charge on any atom is 0.322 e. The molecule has 1 aromatic rings. The van der Waals surface area contributed by atoms with Gasteiger partial charge >= 0.3 is 5.97 Å². The van der Waals surface area contributed by atoms with Crippen LogP contribution in [0.1, 0.15) is 10.4 Å². The van der Waals surface area contributed by atoms with Gasteiger partial charge in [0.15, 0.2) is 0 Å². The van der Waals surface area contributed by atoms with Crippen LogP contribution in [0.2, 0.25) is 0 Å². The van der Waals surface area contributed by atoms with Gasteiger partial charge in [-0.05, 0) is 66.0 Å². The van der Waals surface area contributed by atoms with Crippen LogP contribution in [0, 0.1) is 0 Å². The number of sulfone groups is 1. The minimum Gasteiger partial charge on any atom is -0.480 e. The number of rotatable bonds is 6. The normalized spacial score (nSPS) is 11.6. The molecule has 132 valence electrons. The largest absolute Gasteiger partial charge is 0.480 e. The van der Waals surface area contributed by atoms with Crippen LogP contribution < -0.4 is 10.6 Å². The summed E-state index contributed by atoms with van der Waals surface area (Å²) in [5.41, 5.74) is 0.0267. The first-order valence-electron chi connectivity index (χ1n) is 6.13. The Morgan fingerprint density at radius 2 is 1.71 bits per heavy atom. The molecule has 8 nitrogen and oxygen atoms in total. The van der Waals surface area contributed by atoms with Crippen molar-refractivity contribution in [2.45, 2.75) is 6.37 Å². The average Bonchev–Trinajstić information content (AvgIpc) is 2.49. The van der Waals surface area contributed by atoms with Gasteiger partial charge in [0.2, 0.25) is 17.2 Å². The van der Waals surface area contributed by atoms with Crippen LogP contribution in [-0.2, 0) is 19.4 Å². The van der Waals surface area contributed by atoms with Crippen molar-refractivity contribution in [1.82, 2.24) is 10.6 Å². The Morgan fingerprint density at radius 3 is 2.25 bits per heavy atom.